The molecule has 1 atom stereocenters. The maximum absolute atomic E-state index is 5.70. The van der Waals surface area contributed by atoms with Crippen molar-refractivity contribution in [3.63, 3.8) is 0 Å². The van der Waals surface area contributed by atoms with Crippen LogP contribution in [0.2, 0.25) is 0 Å². The third-order valence-electron chi connectivity index (χ3n) is 4.10. The molecule has 17 heavy (non-hydrogen) atoms. The fraction of sp³-hybridized carbons (Fsp3) is 0.692. The predicted molar refractivity (Wildman–Crippen MR) is 66.5 cm³/mol. The Morgan fingerprint density at radius 3 is 3.18 bits per heavy atom. The lowest BCUT2D eigenvalue weighted by Crippen LogP contribution is -2.49. The van der Waals surface area contributed by atoms with Crippen molar-refractivity contribution in [2.45, 2.75) is 32.0 Å². The molecule has 2 aliphatic heterocycles. The molecule has 1 aromatic rings. The van der Waals surface area contributed by atoms with Gasteiger partial charge in [-0.1, -0.05) is 0 Å². The van der Waals surface area contributed by atoms with Crippen LogP contribution in [-0.2, 0) is 13.1 Å². The summed E-state index contributed by atoms with van der Waals surface area (Å²) in [5.74, 6) is 1.05. The zero-order valence-electron chi connectivity index (χ0n) is 10.3. The van der Waals surface area contributed by atoms with Crippen LogP contribution in [0.1, 0.15) is 24.2 Å². The van der Waals surface area contributed by atoms with Crippen molar-refractivity contribution in [3.05, 3.63) is 23.7 Å². The topological polar surface area (TPSA) is 45.6 Å². The fourth-order valence-electron chi connectivity index (χ4n) is 3.09. The largest absolute Gasteiger partial charge is 0.468 e. The van der Waals surface area contributed by atoms with E-state index in [1.54, 1.807) is 6.26 Å². The van der Waals surface area contributed by atoms with Crippen molar-refractivity contribution in [3.8, 4) is 0 Å². The Bertz CT molecular complexity index is 376. The van der Waals surface area contributed by atoms with Gasteiger partial charge in [0.25, 0.3) is 0 Å². The maximum atomic E-state index is 5.70. The lowest BCUT2D eigenvalue weighted by Gasteiger charge is -2.37. The van der Waals surface area contributed by atoms with E-state index in [-0.39, 0.29) is 0 Å². The minimum Gasteiger partial charge on any atom is -0.468 e. The molecule has 1 aromatic heterocycles. The van der Waals surface area contributed by atoms with Crippen LogP contribution in [-0.4, -0.2) is 42.0 Å². The van der Waals surface area contributed by atoms with E-state index < -0.39 is 0 Å². The van der Waals surface area contributed by atoms with E-state index in [9.17, 15) is 0 Å². The number of fused-ring (bicyclic) bond motifs is 1. The van der Waals surface area contributed by atoms with E-state index in [0.717, 1.165) is 30.5 Å². The first kappa shape index (κ1) is 11.3. The maximum Gasteiger partial charge on any atom is 0.122 e. The normalized spacial score (nSPS) is 26.3. The molecule has 3 heterocycles. The summed E-state index contributed by atoms with van der Waals surface area (Å²) in [6, 6.07) is 2.77. The van der Waals surface area contributed by atoms with Crippen LogP contribution in [0.15, 0.2) is 16.7 Å². The number of nitrogens with two attached hydrogens (primary N) is 1. The zero-order valence-corrected chi connectivity index (χ0v) is 10.3. The van der Waals surface area contributed by atoms with Crippen molar-refractivity contribution in [2.24, 2.45) is 5.73 Å². The van der Waals surface area contributed by atoms with Crippen LogP contribution in [0.3, 0.4) is 0 Å². The molecular formula is C13H21N3O. The molecular weight excluding hydrogens is 214 g/mol. The van der Waals surface area contributed by atoms with Crippen molar-refractivity contribution in [1.29, 1.82) is 0 Å². The van der Waals surface area contributed by atoms with Crippen molar-refractivity contribution < 1.29 is 4.42 Å². The van der Waals surface area contributed by atoms with Gasteiger partial charge in [0.1, 0.15) is 5.76 Å². The molecule has 0 amide bonds. The third-order valence-corrected chi connectivity index (χ3v) is 4.10. The minimum atomic E-state index is 0.579. The molecule has 4 heteroatoms. The summed E-state index contributed by atoms with van der Waals surface area (Å²) < 4.78 is 5.53. The lowest BCUT2D eigenvalue weighted by molar-refractivity contribution is 0.0938. The van der Waals surface area contributed by atoms with Crippen molar-refractivity contribution in [1.82, 2.24) is 9.80 Å². The van der Waals surface area contributed by atoms with Crippen molar-refractivity contribution in [2.75, 3.05) is 26.2 Å². The molecule has 0 bridgehead atoms. The van der Waals surface area contributed by atoms with E-state index in [2.05, 4.69) is 9.80 Å². The Morgan fingerprint density at radius 2 is 2.29 bits per heavy atom. The molecule has 94 valence electrons. The Labute approximate surface area is 102 Å². The quantitative estimate of drug-likeness (QED) is 0.849. The monoisotopic (exact) mass is 235 g/mol. The van der Waals surface area contributed by atoms with Gasteiger partial charge in [0, 0.05) is 37.8 Å². The molecule has 2 saturated heterocycles. The van der Waals surface area contributed by atoms with E-state index in [0.29, 0.717) is 6.54 Å². The molecule has 1 unspecified atom stereocenters. The van der Waals surface area contributed by atoms with Gasteiger partial charge in [0.05, 0.1) is 12.8 Å². The summed E-state index contributed by atoms with van der Waals surface area (Å²) in [5.41, 5.74) is 6.85. The van der Waals surface area contributed by atoms with Gasteiger partial charge in [-0.3, -0.25) is 9.80 Å². The van der Waals surface area contributed by atoms with Crippen LogP contribution < -0.4 is 5.73 Å². The number of furan rings is 1. The Balaban J connectivity index is 1.62. The van der Waals surface area contributed by atoms with Gasteiger partial charge in [-0.15, -0.1) is 0 Å². The second-order valence-corrected chi connectivity index (χ2v) is 5.14. The van der Waals surface area contributed by atoms with Gasteiger partial charge in [-0.25, -0.2) is 0 Å². The molecule has 0 aliphatic carbocycles. The van der Waals surface area contributed by atoms with E-state index in [4.69, 9.17) is 10.2 Å². The van der Waals surface area contributed by atoms with Gasteiger partial charge in [0.2, 0.25) is 0 Å². The predicted octanol–water partition coefficient (Wildman–Crippen LogP) is 1.02. The summed E-state index contributed by atoms with van der Waals surface area (Å²) in [7, 11) is 0. The fourth-order valence-corrected chi connectivity index (χ4v) is 3.09. The molecule has 0 aromatic carbocycles. The van der Waals surface area contributed by atoms with Crippen LogP contribution in [0.5, 0.6) is 0 Å². The van der Waals surface area contributed by atoms with E-state index in [1.165, 1.54) is 32.5 Å². The highest BCUT2D eigenvalue weighted by Crippen LogP contribution is 2.23. The molecule has 0 radical (unpaired) electrons. The highest BCUT2D eigenvalue weighted by Gasteiger charge is 2.30. The standard InChI is InChI=1S/C13H21N3O/c14-8-11-3-7-17-13(11)10-15-5-6-16-4-1-2-12(16)9-15/h3,7,12H,1-2,4-6,8-10,14H2. The molecule has 3 rings (SSSR count). The molecule has 0 spiro atoms. The van der Waals surface area contributed by atoms with Crippen molar-refractivity contribution >= 4 is 0 Å². The van der Waals surface area contributed by atoms with Crippen LogP contribution >= 0.6 is 0 Å². The van der Waals surface area contributed by atoms with Crippen LogP contribution in [0.25, 0.3) is 0 Å². The first-order chi connectivity index (χ1) is 8.36. The van der Waals surface area contributed by atoms with Crippen LogP contribution in [0.4, 0.5) is 0 Å². The summed E-state index contributed by atoms with van der Waals surface area (Å²) in [6.45, 7) is 6.35. The van der Waals surface area contributed by atoms with Gasteiger partial charge in [-0.05, 0) is 25.5 Å². The average Bonchev–Trinajstić information content (AvgIpc) is 2.96. The first-order valence-electron chi connectivity index (χ1n) is 6.58. The number of rotatable bonds is 3. The van der Waals surface area contributed by atoms with Gasteiger partial charge >= 0.3 is 0 Å². The summed E-state index contributed by atoms with van der Waals surface area (Å²) in [4.78, 5) is 5.13. The Hall–Kier alpha value is -0.840. The smallest absolute Gasteiger partial charge is 0.122 e. The minimum absolute atomic E-state index is 0.579. The zero-order chi connectivity index (χ0) is 11.7. The summed E-state index contributed by atoms with van der Waals surface area (Å²) in [6.07, 6.45) is 4.48. The Morgan fingerprint density at radius 1 is 1.35 bits per heavy atom. The summed E-state index contributed by atoms with van der Waals surface area (Å²) in [5, 5.41) is 0. The second-order valence-electron chi connectivity index (χ2n) is 5.14. The number of piperazine rings is 1. The highest BCUT2D eigenvalue weighted by molar-refractivity contribution is 5.16. The van der Waals surface area contributed by atoms with Gasteiger partial charge < -0.3 is 10.2 Å². The van der Waals surface area contributed by atoms with Gasteiger partial charge in [-0.2, -0.15) is 0 Å². The molecule has 4 nitrogen and oxygen atoms in total. The average molecular weight is 235 g/mol. The highest BCUT2D eigenvalue weighted by atomic mass is 16.3. The molecule has 2 fully saturated rings. The number of hydrogen-bond donors (Lipinski definition) is 1. The number of nitrogens with zero attached hydrogens (tertiary/aromatic N) is 2. The van der Waals surface area contributed by atoms with E-state index >= 15 is 0 Å². The Kier molecular flexibility index (Phi) is 3.18. The third kappa shape index (κ3) is 2.25. The first-order valence-corrected chi connectivity index (χ1v) is 6.58. The molecule has 2 N–H and O–H groups in total. The van der Waals surface area contributed by atoms with Crippen LogP contribution in [0, 0.1) is 0 Å². The molecule has 0 saturated carbocycles. The van der Waals surface area contributed by atoms with Gasteiger partial charge in [0.15, 0.2) is 0 Å². The number of hydrogen-bond acceptors (Lipinski definition) is 4. The second kappa shape index (κ2) is 4.80. The lowest BCUT2D eigenvalue weighted by atomic mass is 10.1. The molecule has 2 aliphatic rings. The SMILES string of the molecule is NCc1ccoc1CN1CCN2CCCC2C1. The van der Waals surface area contributed by atoms with E-state index in [1.807, 2.05) is 6.07 Å². The summed E-state index contributed by atoms with van der Waals surface area (Å²) >= 11 is 0.